The molecule has 0 aromatic heterocycles. The highest BCUT2D eigenvalue weighted by atomic mass is 16.5. The van der Waals surface area contributed by atoms with Gasteiger partial charge in [0.05, 0.1) is 6.61 Å². The topological polar surface area (TPSA) is 46.6 Å². The maximum absolute atomic E-state index is 11.7. The molecule has 0 radical (unpaired) electrons. The Kier molecular flexibility index (Phi) is 8.21. The van der Waals surface area contributed by atoms with Crippen LogP contribution in [-0.2, 0) is 14.3 Å². The zero-order valence-corrected chi connectivity index (χ0v) is 10.2. The number of esters is 1. The highest BCUT2D eigenvalue weighted by Crippen LogP contribution is 2.01. The lowest BCUT2D eigenvalue weighted by molar-refractivity contribution is -0.148. The zero-order chi connectivity index (χ0) is 12.4. The first kappa shape index (κ1) is 14.7. The second kappa shape index (κ2) is 8.95. The summed E-state index contributed by atoms with van der Waals surface area (Å²) in [6, 6.07) is 0. The highest BCUT2D eigenvalue weighted by molar-refractivity contribution is 5.82. The fourth-order valence-electron chi connectivity index (χ4n) is 1.31. The minimum Gasteiger partial charge on any atom is -0.465 e. The molecule has 0 atom stereocenters. The summed E-state index contributed by atoms with van der Waals surface area (Å²) in [6.45, 7) is 8.28. The van der Waals surface area contributed by atoms with Crippen molar-refractivity contribution in [3.63, 3.8) is 0 Å². The number of carbonyl (C=O) groups excluding carboxylic acids is 2. The number of nitrogens with zero attached hydrogens (tertiary/aromatic N) is 1. The molecule has 4 nitrogen and oxygen atoms in total. The molecule has 0 saturated carbocycles. The van der Waals surface area contributed by atoms with Crippen LogP contribution >= 0.6 is 0 Å². The van der Waals surface area contributed by atoms with Gasteiger partial charge in [0.25, 0.3) is 0 Å². The second-order valence-electron chi connectivity index (χ2n) is 3.45. The van der Waals surface area contributed by atoms with E-state index in [9.17, 15) is 9.59 Å². The number of ether oxygens (including phenoxy) is 1. The average molecular weight is 227 g/mol. The number of allylic oxidation sites excluding steroid dienone is 1. The normalized spacial score (nSPS) is 9.62. The van der Waals surface area contributed by atoms with Crippen LogP contribution in [-0.4, -0.2) is 36.5 Å². The van der Waals surface area contributed by atoms with Crippen molar-refractivity contribution in [1.82, 2.24) is 4.90 Å². The molecule has 0 heterocycles. The van der Waals surface area contributed by atoms with E-state index in [0.29, 0.717) is 26.0 Å². The van der Waals surface area contributed by atoms with Gasteiger partial charge in [-0.1, -0.05) is 13.0 Å². The molecule has 0 rings (SSSR count). The maximum Gasteiger partial charge on any atom is 0.325 e. The van der Waals surface area contributed by atoms with Crippen molar-refractivity contribution in [3.05, 3.63) is 12.7 Å². The molecule has 0 N–H and O–H groups in total. The van der Waals surface area contributed by atoms with Gasteiger partial charge in [0.2, 0.25) is 5.91 Å². The van der Waals surface area contributed by atoms with Crippen LogP contribution in [0, 0.1) is 0 Å². The maximum atomic E-state index is 11.7. The quantitative estimate of drug-likeness (QED) is 0.469. The molecule has 0 aliphatic carbocycles. The molecule has 0 aromatic carbocycles. The molecule has 1 amide bonds. The van der Waals surface area contributed by atoms with E-state index in [2.05, 4.69) is 6.58 Å². The Labute approximate surface area is 97.3 Å². The van der Waals surface area contributed by atoms with Gasteiger partial charge in [0.15, 0.2) is 0 Å². The van der Waals surface area contributed by atoms with Crippen molar-refractivity contribution in [2.75, 3.05) is 19.7 Å². The molecule has 0 aliphatic heterocycles. The Morgan fingerprint density at radius 3 is 2.56 bits per heavy atom. The van der Waals surface area contributed by atoms with Crippen molar-refractivity contribution in [2.45, 2.75) is 33.1 Å². The molecule has 92 valence electrons. The third-order valence-electron chi connectivity index (χ3n) is 2.03. The summed E-state index contributed by atoms with van der Waals surface area (Å²) in [5.74, 6) is -0.363. The van der Waals surface area contributed by atoms with Gasteiger partial charge in [-0.25, -0.2) is 0 Å². The van der Waals surface area contributed by atoms with E-state index >= 15 is 0 Å². The first-order valence-corrected chi connectivity index (χ1v) is 5.69. The fourth-order valence-corrected chi connectivity index (χ4v) is 1.31. The van der Waals surface area contributed by atoms with E-state index in [4.69, 9.17) is 4.74 Å². The van der Waals surface area contributed by atoms with Crippen molar-refractivity contribution < 1.29 is 14.3 Å². The number of hydrogen-bond acceptors (Lipinski definition) is 3. The molecule has 0 spiro atoms. The third-order valence-corrected chi connectivity index (χ3v) is 2.03. The predicted octanol–water partition coefficient (Wildman–Crippen LogP) is 1.75. The Balaban J connectivity index is 4.18. The Bertz CT molecular complexity index is 238. The zero-order valence-electron chi connectivity index (χ0n) is 10.2. The minimum atomic E-state index is -0.345. The minimum absolute atomic E-state index is 0.0187. The highest BCUT2D eigenvalue weighted by Gasteiger charge is 2.15. The summed E-state index contributed by atoms with van der Waals surface area (Å²) < 4.78 is 4.82. The summed E-state index contributed by atoms with van der Waals surface area (Å²) in [5, 5.41) is 0. The van der Waals surface area contributed by atoms with Gasteiger partial charge in [-0.15, -0.1) is 6.58 Å². The number of rotatable bonds is 8. The third kappa shape index (κ3) is 6.22. The van der Waals surface area contributed by atoms with Gasteiger partial charge >= 0.3 is 5.97 Å². The molecule has 0 bridgehead atoms. The van der Waals surface area contributed by atoms with Crippen molar-refractivity contribution >= 4 is 11.9 Å². The molecule has 0 aliphatic rings. The van der Waals surface area contributed by atoms with Crippen LogP contribution < -0.4 is 0 Å². The Hall–Kier alpha value is -1.32. The molecular formula is C12H21NO3. The molecule has 16 heavy (non-hydrogen) atoms. The summed E-state index contributed by atoms with van der Waals surface area (Å²) in [5.41, 5.74) is 0. The van der Waals surface area contributed by atoms with Crippen LogP contribution in [0.15, 0.2) is 12.7 Å². The summed E-state index contributed by atoms with van der Waals surface area (Å²) >= 11 is 0. The number of carbonyl (C=O) groups is 2. The van der Waals surface area contributed by atoms with Gasteiger partial charge in [-0.3, -0.25) is 9.59 Å². The van der Waals surface area contributed by atoms with Crippen LogP contribution in [0.2, 0.25) is 0 Å². The van der Waals surface area contributed by atoms with E-state index < -0.39 is 0 Å². The standard InChI is InChI=1S/C12H21NO3/c1-4-7-8-11(14)13(9-5-2)10-12(15)16-6-3/h4H,1,5-10H2,2-3H3. The van der Waals surface area contributed by atoms with E-state index in [1.165, 1.54) is 0 Å². The van der Waals surface area contributed by atoms with Gasteiger partial charge < -0.3 is 9.64 Å². The first-order chi connectivity index (χ1) is 7.65. The SMILES string of the molecule is C=CCCC(=O)N(CCC)CC(=O)OCC. The van der Waals surface area contributed by atoms with E-state index in [1.807, 2.05) is 6.92 Å². The van der Waals surface area contributed by atoms with Crippen molar-refractivity contribution in [3.8, 4) is 0 Å². The molecule has 0 saturated heterocycles. The smallest absolute Gasteiger partial charge is 0.325 e. The number of hydrogen-bond donors (Lipinski definition) is 0. The molecule has 0 fully saturated rings. The number of amides is 1. The van der Waals surface area contributed by atoms with Crippen LogP contribution in [0.5, 0.6) is 0 Å². The monoisotopic (exact) mass is 227 g/mol. The van der Waals surface area contributed by atoms with Crippen LogP contribution in [0.4, 0.5) is 0 Å². The van der Waals surface area contributed by atoms with E-state index in [1.54, 1.807) is 17.9 Å². The van der Waals surface area contributed by atoms with Crippen LogP contribution in [0.3, 0.4) is 0 Å². The largest absolute Gasteiger partial charge is 0.465 e. The lowest BCUT2D eigenvalue weighted by Crippen LogP contribution is -2.36. The molecule has 0 unspecified atom stereocenters. The van der Waals surface area contributed by atoms with Crippen LogP contribution in [0.25, 0.3) is 0 Å². The summed E-state index contributed by atoms with van der Waals surface area (Å²) in [4.78, 5) is 24.5. The van der Waals surface area contributed by atoms with Gasteiger partial charge in [0, 0.05) is 13.0 Å². The molecular weight excluding hydrogens is 206 g/mol. The summed E-state index contributed by atoms with van der Waals surface area (Å²) in [6.07, 6.45) is 3.58. The van der Waals surface area contributed by atoms with Crippen LogP contribution in [0.1, 0.15) is 33.1 Å². The first-order valence-electron chi connectivity index (χ1n) is 5.69. The molecule has 0 aromatic rings. The summed E-state index contributed by atoms with van der Waals surface area (Å²) in [7, 11) is 0. The second-order valence-corrected chi connectivity index (χ2v) is 3.45. The van der Waals surface area contributed by atoms with Gasteiger partial charge in [-0.2, -0.15) is 0 Å². The Morgan fingerprint density at radius 1 is 1.38 bits per heavy atom. The van der Waals surface area contributed by atoms with E-state index in [0.717, 1.165) is 6.42 Å². The van der Waals surface area contributed by atoms with Crippen molar-refractivity contribution in [2.24, 2.45) is 0 Å². The predicted molar refractivity (Wildman–Crippen MR) is 62.9 cm³/mol. The Morgan fingerprint density at radius 2 is 2.06 bits per heavy atom. The van der Waals surface area contributed by atoms with Crippen molar-refractivity contribution in [1.29, 1.82) is 0 Å². The lowest BCUT2D eigenvalue weighted by Gasteiger charge is -2.20. The van der Waals surface area contributed by atoms with E-state index in [-0.39, 0.29) is 18.4 Å². The fraction of sp³-hybridized carbons (Fsp3) is 0.667. The average Bonchev–Trinajstić information content (AvgIpc) is 2.25. The van der Waals surface area contributed by atoms with Gasteiger partial charge in [-0.05, 0) is 19.8 Å². The molecule has 4 heteroatoms. The van der Waals surface area contributed by atoms with Gasteiger partial charge in [0.1, 0.15) is 6.54 Å². The lowest BCUT2D eigenvalue weighted by atomic mass is 10.2.